The zero-order chi connectivity index (χ0) is 14.5. The summed E-state index contributed by atoms with van der Waals surface area (Å²) >= 11 is 0. The number of aromatic amines is 1. The van der Waals surface area contributed by atoms with Crippen LogP contribution in [-0.2, 0) is 6.54 Å². The fraction of sp³-hybridized carbons (Fsp3) is 0.471. The zero-order valence-corrected chi connectivity index (χ0v) is 12.6. The van der Waals surface area contributed by atoms with E-state index in [-0.39, 0.29) is 5.56 Å². The Morgan fingerprint density at radius 1 is 1.20 bits per heavy atom. The Morgan fingerprint density at radius 3 is 2.60 bits per heavy atom. The molecule has 1 unspecified atom stereocenters. The summed E-state index contributed by atoms with van der Waals surface area (Å²) in [6, 6.07) is 10.3. The van der Waals surface area contributed by atoms with Crippen molar-refractivity contribution in [2.75, 3.05) is 0 Å². The Hall–Kier alpha value is -1.61. The number of pyridine rings is 1. The average molecular weight is 272 g/mol. The van der Waals surface area contributed by atoms with Crippen molar-refractivity contribution in [3.8, 4) is 0 Å². The highest BCUT2D eigenvalue weighted by Gasteiger charge is 2.13. The highest BCUT2D eigenvalue weighted by Crippen LogP contribution is 2.14. The summed E-state index contributed by atoms with van der Waals surface area (Å²) in [6.07, 6.45) is 2.33. The third-order valence-corrected chi connectivity index (χ3v) is 4.20. The first-order valence-corrected chi connectivity index (χ1v) is 7.50. The maximum absolute atomic E-state index is 12.1. The number of hydrogen-bond acceptors (Lipinski definition) is 2. The number of fused-ring (bicyclic) bond motifs is 1. The molecule has 2 N–H and O–H groups in total. The standard InChI is InChI=1S/C17H24N2O/c1-4-13(5-2)12(3)18-11-15-10-14-8-6-7-9-16(14)19-17(15)20/h6-10,12-13,18H,4-5,11H2,1-3H3,(H,19,20). The van der Waals surface area contributed by atoms with Crippen LogP contribution < -0.4 is 10.9 Å². The van der Waals surface area contributed by atoms with Gasteiger partial charge in [0.25, 0.3) is 5.56 Å². The van der Waals surface area contributed by atoms with Crippen molar-refractivity contribution in [2.24, 2.45) is 5.92 Å². The van der Waals surface area contributed by atoms with Crippen LogP contribution in [0.25, 0.3) is 10.9 Å². The van der Waals surface area contributed by atoms with Gasteiger partial charge in [0.1, 0.15) is 0 Å². The molecule has 2 aromatic rings. The molecule has 0 aliphatic heterocycles. The van der Waals surface area contributed by atoms with Crippen LogP contribution in [0, 0.1) is 5.92 Å². The van der Waals surface area contributed by atoms with E-state index in [1.165, 1.54) is 12.8 Å². The third-order valence-electron chi connectivity index (χ3n) is 4.20. The number of rotatable bonds is 6. The van der Waals surface area contributed by atoms with E-state index in [9.17, 15) is 4.79 Å². The molecule has 0 saturated heterocycles. The fourth-order valence-corrected chi connectivity index (χ4v) is 2.76. The summed E-state index contributed by atoms with van der Waals surface area (Å²) in [6.45, 7) is 7.26. The van der Waals surface area contributed by atoms with Gasteiger partial charge in [-0.2, -0.15) is 0 Å². The van der Waals surface area contributed by atoms with Crippen molar-refractivity contribution in [3.05, 3.63) is 46.2 Å². The summed E-state index contributed by atoms with van der Waals surface area (Å²) in [7, 11) is 0. The van der Waals surface area contributed by atoms with Gasteiger partial charge in [-0.15, -0.1) is 0 Å². The van der Waals surface area contributed by atoms with Crippen LogP contribution >= 0.6 is 0 Å². The van der Waals surface area contributed by atoms with Crippen LogP contribution in [0.1, 0.15) is 39.2 Å². The highest BCUT2D eigenvalue weighted by atomic mass is 16.1. The van der Waals surface area contributed by atoms with Crippen molar-refractivity contribution in [2.45, 2.75) is 46.2 Å². The molecular formula is C17H24N2O. The first-order valence-electron chi connectivity index (χ1n) is 7.50. The lowest BCUT2D eigenvalue weighted by molar-refractivity contribution is 0.352. The minimum atomic E-state index is 0.00736. The molecular weight excluding hydrogens is 248 g/mol. The smallest absolute Gasteiger partial charge is 0.252 e. The number of benzene rings is 1. The Morgan fingerprint density at radius 2 is 1.90 bits per heavy atom. The molecule has 1 heterocycles. The topological polar surface area (TPSA) is 44.9 Å². The van der Waals surface area contributed by atoms with E-state index in [4.69, 9.17) is 0 Å². The molecule has 0 radical (unpaired) electrons. The second-order valence-electron chi connectivity index (χ2n) is 5.46. The van der Waals surface area contributed by atoms with E-state index in [2.05, 4.69) is 31.1 Å². The Bertz CT molecular complexity index is 614. The van der Waals surface area contributed by atoms with E-state index in [1.807, 2.05) is 30.3 Å². The molecule has 108 valence electrons. The second-order valence-corrected chi connectivity index (χ2v) is 5.46. The normalized spacial score (nSPS) is 13.0. The van der Waals surface area contributed by atoms with Crippen LogP contribution in [0.2, 0.25) is 0 Å². The highest BCUT2D eigenvalue weighted by molar-refractivity contribution is 5.78. The predicted octanol–water partition coefficient (Wildman–Crippen LogP) is 3.44. The third kappa shape index (κ3) is 3.28. The largest absolute Gasteiger partial charge is 0.322 e. The van der Waals surface area contributed by atoms with Gasteiger partial charge in [-0.1, -0.05) is 44.9 Å². The SMILES string of the molecule is CCC(CC)C(C)NCc1cc2ccccc2[nH]c1=O. The van der Waals surface area contributed by atoms with Gasteiger partial charge >= 0.3 is 0 Å². The summed E-state index contributed by atoms with van der Waals surface area (Å²) < 4.78 is 0. The predicted molar refractivity (Wildman–Crippen MR) is 84.9 cm³/mol. The molecule has 0 aliphatic rings. The molecule has 0 spiro atoms. The lowest BCUT2D eigenvalue weighted by atomic mass is 9.95. The number of para-hydroxylation sites is 1. The molecule has 2 rings (SSSR count). The molecule has 1 aromatic heterocycles. The van der Waals surface area contributed by atoms with Crippen molar-refractivity contribution >= 4 is 10.9 Å². The maximum atomic E-state index is 12.1. The van der Waals surface area contributed by atoms with Crippen molar-refractivity contribution < 1.29 is 0 Å². The van der Waals surface area contributed by atoms with Crippen LogP contribution in [0.4, 0.5) is 0 Å². The molecule has 20 heavy (non-hydrogen) atoms. The molecule has 3 nitrogen and oxygen atoms in total. The van der Waals surface area contributed by atoms with Crippen LogP contribution in [0.5, 0.6) is 0 Å². The van der Waals surface area contributed by atoms with Gasteiger partial charge in [0.2, 0.25) is 0 Å². The minimum absolute atomic E-state index is 0.00736. The van der Waals surface area contributed by atoms with Gasteiger partial charge < -0.3 is 10.3 Å². The molecule has 0 aliphatic carbocycles. The van der Waals surface area contributed by atoms with Crippen LogP contribution in [0.3, 0.4) is 0 Å². The molecule has 1 aromatic carbocycles. The summed E-state index contributed by atoms with van der Waals surface area (Å²) in [5.41, 5.74) is 1.71. The number of nitrogens with one attached hydrogen (secondary N) is 2. The van der Waals surface area contributed by atoms with Crippen LogP contribution in [0.15, 0.2) is 35.1 Å². The second kappa shape index (κ2) is 6.71. The molecule has 3 heteroatoms. The van der Waals surface area contributed by atoms with Crippen LogP contribution in [-0.4, -0.2) is 11.0 Å². The molecule has 1 atom stereocenters. The lowest BCUT2D eigenvalue weighted by Gasteiger charge is -2.22. The van der Waals surface area contributed by atoms with Crippen molar-refractivity contribution in [1.82, 2.24) is 10.3 Å². The Labute approximate surface area is 120 Å². The van der Waals surface area contributed by atoms with E-state index in [1.54, 1.807) is 0 Å². The van der Waals surface area contributed by atoms with Gasteiger partial charge in [0.15, 0.2) is 0 Å². The van der Waals surface area contributed by atoms with E-state index >= 15 is 0 Å². The number of aromatic nitrogens is 1. The fourth-order valence-electron chi connectivity index (χ4n) is 2.76. The lowest BCUT2D eigenvalue weighted by Crippen LogP contribution is -2.34. The summed E-state index contributed by atoms with van der Waals surface area (Å²) in [5.74, 6) is 0.662. The quantitative estimate of drug-likeness (QED) is 0.846. The molecule has 0 amide bonds. The van der Waals surface area contributed by atoms with Gasteiger partial charge in [-0.25, -0.2) is 0 Å². The summed E-state index contributed by atoms with van der Waals surface area (Å²) in [4.78, 5) is 15.0. The van der Waals surface area contributed by atoms with Gasteiger partial charge in [0, 0.05) is 23.7 Å². The minimum Gasteiger partial charge on any atom is -0.322 e. The van der Waals surface area contributed by atoms with E-state index in [0.29, 0.717) is 18.5 Å². The zero-order valence-electron chi connectivity index (χ0n) is 12.6. The monoisotopic (exact) mass is 272 g/mol. The van der Waals surface area contributed by atoms with Gasteiger partial charge in [-0.05, 0) is 30.4 Å². The van der Waals surface area contributed by atoms with Gasteiger partial charge in [0.05, 0.1) is 0 Å². The molecule has 0 saturated carbocycles. The number of hydrogen-bond donors (Lipinski definition) is 2. The number of H-pyrrole nitrogens is 1. The van der Waals surface area contributed by atoms with Crippen molar-refractivity contribution in [3.63, 3.8) is 0 Å². The molecule has 0 bridgehead atoms. The maximum Gasteiger partial charge on any atom is 0.252 e. The summed E-state index contributed by atoms with van der Waals surface area (Å²) in [5, 5.41) is 4.57. The van der Waals surface area contributed by atoms with E-state index < -0.39 is 0 Å². The first-order chi connectivity index (χ1) is 9.65. The Kier molecular flexibility index (Phi) is 4.96. The Balaban J connectivity index is 2.13. The van der Waals surface area contributed by atoms with Gasteiger partial charge in [-0.3, -0.25) is 4.79 Å². The first kappa shape index (κ1) is 14.8. The molecule has 0 fully saturated rings. The van der Waals surface area contributed by atoms with E-state index in [0.717, 1.165) is 16.5 Å². The average Bonchev–Trinajstić information content (AvgIpc) is 2.46. The van der Waals surface area contributed by atoms with Crippen molar-refractivity contribution in [1.29, 1.82) is 0 Å².